The molecule has 3 rings (SSSR count). The number of hydrogen-bond acceptors (Lipinski definition) is 4. The van der Waals surface area contributed by atoms with Gasteiger partial charge in [-0.25, -0.2) is 0 Å². The van der Waals surface area contributed by atoms with Crippen molar-refractivity contribution in [2.75, 3.05) is 26.2 Å². The predicted molar refractivity (Wildman–Crippen MR) is 72.4 cm³/mol. The number of fused-ring (bicyclic) bond motifs is 1. The molecular weight excluding hydrogens is 296 g/mol. The van der Waals surface area contributed by atoms with Gasteiger partial charge in [0, 0.05) is 19.1 Å². The van der Waals surface area contributed by atoms with Crippen LogP contribution in [0.15, 0.2) is 21.2 Å². The lowest BCUT2D eigenvalue weighted by atomic mass is 10.2. The third-order valence-electron chi connectivity index (χ3n) is 3.81. The first-order valence-electron chi connectivity index (χ1n) is 6.61. The first kappa shape index (κ1) is 12.7. The van der Waals surface area contributed by atoms with Crippen molar-refractivity contribution in [2.45, 2.75) is 31.5 Å². The van der Waals surface area contributed by atoms with Crippen LogP contribution in [0.4, 0.5) is 0 Å². The molecule has 0 bridgehead atoms. The standard InChI is InChI=1S/C13H19BrN2O2/c14-12-3-5-17-13(12)7-15-6-11-8-16-4-1-2-10(16)9-18-11/h3,5,10-11,15H,1-2,4,6-9H2. The van der Waals surface area contributed by atoms with E-state index in [4.69, 9.17) is 9.15 Å². The van der Waals surface area contributed by atoms with E-state index in [9.17, 15) is 0 Å². The van der Waals surface area contributed by atoms with Crippen LogP contribution in [0.1, 0.15) is 18.6 Å². The molecule has 2 aliphatic heterocycles. The summed E-state index contributed by atoms with van der Waals surface area (Å²) in [6.45, 7) is 4.84. The summed E-state index contributed by atoms with van der Waals surface area (Å²) < 4.78 is 12.3. The van der Waals surface area contributed by atoms with Gasteiger partial charge < -0.3 is 14.5 Å². The van der Waals surface area contributed by atoms with Gasteiger partial charge in [-0.2, -0.15) is 0 Å². The van der Waals surface area contributed by atoms with Crippen LogP contribution in [0, 0.1) is 0 Å². The normalized spacial score (nSPS) is 28.5. The van der Waals surface area contributed by atoms with Crippen LogP contribution in [-0.2, 0) is 11.3 Å². The average Bonchev–Trinajstić information content (AvgIpc) is 2.98. The summed E-state index contributed by atoms with van der Waals surface area (Å²) in [5.74, 6) is 0.949. The first-order valence-corrected chi connectivity index (χ1v) is 7.40. The summed E-state index contributed by atoms with van der Waals surface area (Å²) in [6.07, 6.45) is 4.65. The molecule has 0 aliphatic carbocycles. The molecule has 18 heavy (non-hydrogen) atoms. The van der Waals surface area contributed by atoms with Crippen LogP contribution >= 0.6 is 15.9 Å². The SMILES string of the molecule is Brc1ccoc1CNCC1CN2CCCC2CO1. The van der Waals surface area contributed by atoms with Gasteiger partial charge in [-0.1, -0.05) is 0 Å². The van der Waals surface area contributed by atoms with E-state index in [1.807, 2.05) is 6.07 Å². The fourth-order valence-corrected chi connectivity index (χ4v) is 3.15. The van der Waals surface area contributed by atoms with Crippen LogP contribution in [0.3, 0.4) is 0 Å². The molecule has 100 valence electrons. The smallest absolute Gasteiger partial charge is 0.131 e. The summed E-state index contributed by atoms with van der Waals surface area (Å²) in [7, 11) is 0. The molecule has 1 N–H and O–H groups in total. The van der Waals surface area contributed by atoms with Crippen molar-refractivity contribution in [3.05, 3.63) is 22.6 Å². The fraction of sp³-hybridized carbons (Fsp3) is 0.692. The number of halogens is 1. The summed E-state index contributed by atoms with van der Waals surface area (Å²) in [6, 6.07) is 2.60. The van der Waals surface area contributed by atoms with Crippen LogP contribution < -0.4 is 5.32 Å². The summed E-state index contributed by atoms with van der Waals surface area (Å²) in [5.41, 5.74) is 0. The highest BCUT2D eigenvalue weighted by molar-refractivity contribution is 9.10. The van der Waals surface area contributed by atoms with Crippen molar-refractivity contribution in [1.82, 2.24) is 10.2 Å². The minimum Gasteiger partial charge on any atom is -0.467 e. The van der Waals surface area contributed by atoms with Crippen molar-refractivity contribution in [2.24, 2.45) is 0 Å². The lowest BCUT2D eigenvalue weighted by molar-refractivity contribution is -0.0471. The molecule has 1 aromatic rings. The molecule has 2 saturated heterocycles. The number of rotatable bonds is 4. The Labute approximate surface area is 116 Å². The van der Waals surface area contributed by atoms with Gasteiger partial charge >= 0.3 is 0 Å². The Kier molecular flexibility index (Phi) is 4.03. The highest BCUT2D eigenvalue weighted by Crippen LogP contribution is 2.22. The highest BCUT2D eigenvalue weighted by Gasteiger charge is 2.31. The third kappa shape index (κ3) is 2.79. The Morgan fingerprint density at radius 3 is 3.28 bits per heavy atom. The second-order valence-corrected chi connectivity index (χ2v) is 5.92. The number of ether oxygens (including phenoxy) is 1. The second-order valence-electron chi connectivity index (χ2n) is 5.07. The molecular formula is C13H19BrN2O2. The Morgan fingerprint density at radius 1 is 1.50 bits per heavy atom. The monoisotopic (exact) mass is 314 g/mol. The predicted octanol–water partition coefficient (Wildman–Crippen LogP) is 1.99. The fourth-order valence-electron chi connectivity index (χ4n) is 2.81. The quantitative estimate of drug-likeness (QED) is 0.922. The third-order valence-corrected chi connectivity index (χ3v) is 4.52. The van der Waals surface area contributed by atoms with E-state index >= 15 is 0 Å². The minimum atomic E-state index is 0.313. The van der Waals surface area contributed by atoms with Crippen molar-refractivity contribution in [3.63, 3.8) is 0 Å². The molecule has 2 aliphatic rings. The van der Waals surface area contributed by atoms with Crippen molar-refractivity contribution >= 4 is 15.9 Å². The number of hydrogen-bond donors (Lipinski definition) is 1. The maximum atomic E-state index is 5.90. The Balaban J connectivity index is 1.42. The van der Waals surface area contributed by atoms with E-state index in [-0.39, 0.29) is 0 Å². The zero-order valence-electron chi connectivity index (χ0n) is 10.4. The minimum absolute atomic E-state index is 0.313. The molecule has 0 saturated carbocycles. The molecule has 2 atom stereocenters. The summed E-state index contributed by atoms with van der Waals surface area (Å²) >= 11 is 3.46. The van der Waals surface area contributed by atoms with Gasteiger partial charge in [-0.05, 0) is 41.4 Å². The molecule has 1 aromatic heterocycles. The maximum Gasteiger partial charge on any atom is 0.131 e. The maximum absolute atomic E-state index is 5.90. The van der Waals surface area contributed by atoms with Gasteiger partial charge in [0.1, 0.15) is 5.76 Å². The number of morpholine rings is 1. The van der Waals surface area contributed by atoms with E-state index < -0.39 is 0 Å². The summed E-state index contributed by atoms with van der Waals surface area (Å²) in [5, 5.41) is 3.40. The summed E-state index contributed by atoms with van der Waals surface area (Å²) in [4.78, 5) is 2.57. The number of furan rings is 1. The lowest BCUT2D eigenvalue weighted by Gasteiger charge is -2.35. The highest BCUT2D eigenvalue weighted by atomic mass is 79.9. The molecule has 5 heteroatoms. The van der Waals surface area contributed by atoms with E-state index in [0.717, 1.165) is 36.5 Å². The van der Waals surface area contributed by atoms with Crippen molar-refractivity contribution in [1.29, 1.82) is 0 Å². The topological polar surface area (TPSA) is 37.6 Å². The second kappa shape index (κ2) is 5.74. The zero-order chi connectivity index (χ0) is 12.4. The van der Waals surface area contributed by atoms with E-state index in [1.54, 1.807) is 6.26 Å². The van der Waals surface area contributed by atoms with Gasteiger partial charge in [0.25, 0.3) is 0 Å². The number of nitrogens with one attached hydrogen (secondary N) is 1. The first-order chi connectivity index (χ1) is 8.83. The average molecular weight is 315 g/mol. The van der Waals surface area contributed by atoms with Crippen LogP contribution in [0.25, 0.3) is 0 Å². The van der Waals surface area contributed by atoms with E-state index in [0.29, 0.717) is 12.1 Å². The lowest BCUT2D eigenvalue weighted by Crippen LogP contribution is -2.49. The van der Waals surface area contributed by atoms with Crippen molar-refractivity contribution in [3.8, 4) is 0 Å². The van der Waals surface area contributed by atoms with Gasteiger partial charge in [0.15, 0.2) is 0 Å². The van der Waals surface area contributed by atoms with Crippen LogP contribution in [-0.4, -0.2) is 43.3 Å². The largest absolute Gasteiger partial charge is 0.467 e. The van der Waals surface area contributed by atoms with Crippen molar-refractivity contribution < 1.29 is 9.15 Å². The molecule has 3 heterocycles. The van der Waals surface area contributed by atoms with Gasteiger partial charge in [-0.15, -0.1) is 0 Å². The molecule has 2 unspecified atom stereocenters. The van der Waals surface area contributed by atoms with E-state index in [2.05, 4.69) is 26.1 Å². The van der Waals surface area contributed by atoms with Gasteiger partial charge in [0.05, 0.1) is 30.0 Å². The van der Waals surface area contributed by atoms with Crippen LogP contribution in [0.5, 0.6) is 0 Å². The van der Waals surface area contributed by atoms with Crippen LogP contribution in [0.2, 0.25) is 0 Å². The number of nitrogens with zero attached hydrogens (tertiary/aromatic N) is 1. The molecule has 2 fully saturated rings. The Hall–Kier alpha value is -0.360. The molecule has 0 amide bonds. The molecule has 4 nitrogen and oxygen atoms in total. The molecule has 0 aromatic carbocycles. The van der Waals surface area contributed by atoms with Gasteiger partial charge in [0.2, 0.25) is 0 Å². The molecule has 0 spiro atoms. The van der Waals surface area contributed by atoms with Gasteiger partial charge in [-0.3, -0.25) is 4.90 Å². The van der Waals surface area contributed by atoms with E-state index in [1.165, 1.54) is 19.4 Å². The Bertz CT molecular complexity index is 396. The molecule has 0 radical (unpaired) electrons. The Morgan fingerprint density at radius 2 is 2.44 bits per heavy atom. The zero-order valence-corrected chi connectivity index (χ0v) is 12.0.